The summed E-state index contributed by atoms with van der Waals surface area (Å²) in [7, 11) is 0. The molecule has 0 unspecified atom stereocenters. The molecule has 2 aliphatic carbocycles. The number of carbonyl (C=O) groups excluding carboxylic acids is 1. The summed E-state index contributed by atoms with van der Waals surface area (Å²) in [6.45, 7) is 6.49. The first-order chi connectivity index (χ1) is 8.02. The van der Waals surface area contributed by atoms with Gasteiger partial charge < -0.3 is 4.74 Å². The molecule has 1 heterocycles. The van der Waals surface area contributed by atoms with E-state index < -0.39 is 0 Å². The Hall–Kier alpha value is -1.05. The van der Waals surface area contributed by atoms with Crippen LogP contribution in [0.25, 0.3) is 0 Å². The van der Waals surface area contributed by atoms with Crippen LogP contribution in [0.3, 0.4) is 0 Å². The average Bonchev–Trinajstić information content (AvgIpc) is 2.72. The van der Waals surface area contributed by atoms with Crippen molar-refractivity contribution in [3.63, 3.8) is 0 Å². The molecule has 1 aliphatic heterocycles. The third-order valence-electron chi connectivity index (χ3n) is 4.33. The van der Waals surface area contributed by atoms with Gasteiger partial charge in [-0.05, 0) is 23.8 Å². The number of ether oxygens (including phenoxy) is 1. The zero-order valence-corrected chi connectivity index (χ0v) is 10.8. The van der Waals surface area contributed by atoms with E-state index in [0.29, 0.717) is 24.0 Å². The fourth-order valence-corrected chi connectivity index (χ4v) is 3.54. The largest absolute Gasteiger partial charge is 0.490 e. The molecule has 0 radical (unpaired) electrons. The summed E-state index contributed by atoms with van der Waals surface area (Å²) < 4.78 is 6.00. The lowest BCUT2D eigenvalue weighted by Gasteiger charge is -2.29. The van der Waals surface area contributed by atoms with E-state index in [4.69, 9.17) is 4.74 Å². The minimum Gasteiger partial charge on any atom is -0.490 e. The van der Waals surface area contributed by atoms with Crippen molar-refractivity contribution >= 4 is 5.78 Å². The van der Waals surface area contributed by atoms with Gasteiger partial charge in [0, 0.05) is 24.3 Å². The summed E-state index contributed by atoms with van der Waals surface area (Å²) in [6.07, 6.45) is 7.21. The number of fused-ring (bicyclic) bond motifs is 2. The molecule has 2 heteroatoms. The van der Waals surface area contributed by atoms with Crippen molar-refractivity contribution in [2.45, 2.75) is 46.1 Å². The first kappa shape index (κ1) is 11.1. The lowest BCUT2D eigenvalue weighted by molar-refractivity contribution is -0.118. The van der Waals surface area contributed by atoms with Gasteiger partial charge in [0.1, 0.15) is 11.9 Å². The van der Waals surface area contributed by atoms with Gasteiger partial charge in [0.05, 0.1) is 0 Å². The van der Waals surface area contributed by atoms with E-state index in [1.165, 1.54) is 0 Å². The molecule has 0 saturated carbocycles. The van der Waals surface area contributed by atoms with E-state index in [0.717, 1.165) is 24.2 Å². The second-order valence-electron chi connectivity index (χ2n) is 6.34. The molecule has 3 aliphatic rings. The van der Waals surface area contributed by atoms with Crippen LogP contribution in [0.1, 0.15) is 40.0 Å². The standard InChI is InChI=1S/C15H20O2/c1-4-9-5-6-11-13(9)14-10(16)7-15(2,3)8-12(14)17-11/h5-6,9,11,13H,4,7-8H2,1-3H3/t9-,11-,13+/m1/s1. The molecule has 0 saturated heterocycles. The first-order valence-electron chi connectivity index (χ1n) is 6.63. The van der Waals surface area contributed by atoms with Gasteiger partial charge in [-0.1, -0.05) is 26.8 Å². The van der Waals surface area contributed by atoms with Crippen LogP contribution in [0.4, 0.5) is 0 Å². The number of carbonyl (C=O) groups is 1. The second-order valence-corrected chi connectivity index (χ2v) is 6.34. The zero-order chi connectivity index (χ0) is 12.2. The highest BCUT2D eigenvalue weighted by molar-refractivity contribution is 5.98. The molecular weight excluding hydrogens is 212 g/mol. The Labute approximate surface area is 103 Å². The van der Waals surface area contributed by atoms with Gasteiger partial charge in [-0.2, -0.15) is 0 Å². The molecule has 92 valence electrons. The fraction of sp³-hybridized carbons (Fsp3) is 0.667. The Morgan fingerprint density at radius 3 is 2.82 bits per heavy atom. The number of hydrogen-bond donors (Lipinski definition) is 0. The van der Waals surface area contributed by atoms with Crippen LogP contribution in [-0.4, -0.2) is 11.9 Å². The monoisotopic (exact) mass is 232 g/mol. The summed E-state index contributed by atoms with van der Waals surface area (Å²) in [4.78, 5) is 12.3. The SMILES string of the molecule is CC[C@@H]1C=C[C@H]2OC3=C(C(=O)CC(C)(C)C3)[C@@H]12. The van der Waals surface area contributed by atoms with E-state index in [9.17, 15) is 4.79 Å². The van der Waals surface area contributed by atoms with Crippen molar-refractivity contribution in [2.24, 2.45) is 17.3 Å². The van der Waals surface area contributed by atoms with Gasteiger partial charge >= 0.3 is 0 Å². The number of allylic oxidation sites excluding steroid dienone is 2. The van der Waals surface area contributed by atoms with Crippen molar-refractivity contribution in [2.75, 3.05) is 0 Å². The van der Waals surface area contributed by atoms with Crippen molar-refractivity contribution in [3.05, 3.63) is 23.5 Å². The van der Waals surface area contributed by atoms with E-state index in [1.807, 2.05) is 0 Å². The molecule has 2 nitrogen and oxygen atoms in total. The van der Waals surface area contributed by atoms with Gasteiger partial charge in [0.15, 0.2) is 5.78 Å². The van der Waals surface area contributed by atoms with Crippen LogP contribution in [0.2, 0.25) is 0 Å². The zero-order valence-electron chi connectivity index (χ0n) is 10.8. The van der Waals surface area contributed by atoms with Crippen LogP contribution in [-0.2, 0) is 9.53 Å². The molecule has 0 aromatic carbocycles. The maximum Gasteiger partial charge on any atom is 0.163 e. The number of Topliss-reactive ketones (excluding diaryl/α,β-unsaturated/α-hetero) is 1. The van der Waals surface area contributed by atoms with E-state index >= 15 is 0 Å². The van der Waals surface area contributed by atoms with Crippen molar-refractivity contribution in [1.29, 1.82) is 0 Å². The highest BCUT2D eigenvalue weighted by atomic mass is 16.5. The molecule has 0 spiro atoms. The van der Waals surface area contributed by atoms with Crippen molar-refractivity contribution in [3.8, 4) is 0 Å². The highest BCUT2D eigenvalue weighted by Crippen LogP contribution is 2.50. The summed E-state index contributed by atoms with van der Waals surface area (Å²) in [5.74, 6) is 2.13. The maximum atomic E-state index is 12.3. The number of hydrogen-bond acceptors (Lipinski definition) is 2. The van der Waals surface area contributed by atoms with Gasteiger partial charge in [0.2, 0.25) is 0 Å². The van der Waals surface area contributed by atoms with E-state index in [-0.39, 0.29) is 11.5 Å². The molecule has 17 heavy (non-hydrogen) atoms. The van der Waals surface area contributed by atoms with E-state index in [1.54, 1.807) is 0 Å². The highest BCUT2D eigenvalue weighted by Gasteiger charge is 2.48. The predicted molar refractivity (Wildman–Crippen MR) is 66.3 cm³/mol. The summed E-state index contributed by atoms with van der Waals surface area (Å²) in [6, 6.07) is 0. The fourth-order valence-electron chi connectivity index (χ4n) is 3.54. The molecule has 0 aromatic heterocycles. The van der Waals surface area contributed by atoms with Gasteiger partial charge in [0.25, 0.3) is 0 Å². The molecule has 3 rings (SSSR count). The molecule has 3 atom stereocenters. The van der Waals surface area contributed by atoms with Crippen molar-refractivity contribution in [1.82, 2.24) is 0 Å². The summed E-state index contributed by atoms with van der Waals surface area (Å²) in [5, 5.41) is 0. The van der Waals surface area contributed by atoms with Crippen molar-refractivity contribution < 1.29 is 9.53 Å². The number of ketones is 1. The quantitative estimate of drug-likeness (QED) is 0.649. The third-order valence-corrected chi connectivity index (χ3v) is 4.33. The minimum atomic E-state index is 0.0694. The molecule has 0 amide bonds. The molecule has 0 fully saturated rings. The lowest BCUT2D eigenvalue weighted by atomic mass is 9.72. The Balaban J connectivity index is 1.97. The molecule has 0 aromatic rings. The molecule has 0 bridgehead atoms. The van der Waals surface area contributed by atoms with Crippen LogP contribution >= 0.6 is 0 Å². The topological polar surface area (TPSA) is 26.3 Å². The minimum absolute atomic E-state index is 0.0694. The Kier molecular flexibility index (Phi) is 2.26. The smallest absolute Gasteiger partial charge is 0.163 e. The van der Waals surface area contributed by atoms with Crippen LogP contribution in [0.15, 0.2) is 23.5 Å². The van der Waals surface area contributed by atoms with Gasteiger partial charge in [-0.3, -0.25) is 4.79 Å². The number of rotatable bonds is 1. The average molecular weight is 232 g/mol. The summed E-state index contributed by atoms with van der Waals surface area (Å²) in [5.41, 5.74) is 1.09. The Morgan fingerprint density at radius 1 is 1.35 bits per heavy atom. The molecule has 0 N–H and O–H groups in total. The Morgan fingerprint density at radius 2 is 2.12 bits per heavy atom. The van der Waals surface area contributed by atoms with Gasteiger partial charge in [-0.15, -0.1) is 0 Å². The van der Waals surface area contributed by atoms with E-state index in [2.05, 4.69) is 32.9 Å². The maximum absolute atomic E-state index is 12.3. The van der Waals surface area contributed by atoms with Gasteiger partial charge in [-0.25, -0.2) is 0 Å². The van der Waals surface area contributed by atoms with Crippen LogP contribution in [0, 0.1) is 17.3 Å². The summed E-state index contributed by atoms with van der Waals surface area (Å²) >= 11 is 0. The normalized spacial score (nSPS) is 38.1. The predicted octanol–water partition coefficient (Wildman–Crippen LogP) is 3.24. The molecular formula is C15H20O2. The van der Waals surface area contributed by atoms with Crippen LogP contribution in [0.5, 0.6) is 0 Å². The third kappa shape index (κ3) is 1.57. The first-order valence-corrected chi connectivity index (χ1v) is 6.63. The van der Waals surface area contributed by atoms with Crippen LogP contribution < -0.4 is 0 Å². The Bertz CT molecular complexity index is 428. The second kappa shape index (κ2) is 3.47. The lowest BCUT2D eigenvalue weighted by Crippen LogP contribution is -2.28.